The first kappa shape index (κ1) is 24.6. The quantitative estimate of drug-likeness (QED) is 0.214. The van der Waals surface area contributed by atoms with E-state index >= 15 is 0 Å². The molecule has 0 saturated heterocycles. The maximum atomic E-state index is 13.4. The number of benzene rings is 1. The van der Waals surface area contributed by atoms with Gasteiger partial charge in [0.05, 0.1) is 23.9 Å². The van der Waals surface area contributed by atoms with Crippen molar-refractivity contribution in [3.63, 3.8) is 0 Å². The zero-order valence-electron chi connectivity index (χ0n) is 15.4. The van der Waals surface area contributed by atoms with Crippen LogP contribution in [0.3, 0.4) is 0 Å². The van der Waals surface area contributed by atoms with Crippen LogP contribution in [0.15, 0.2) is 17.7 Å². The number of nitrogens with one attached hydrogen (secondary N) is 1. The molecule has 1 heterocycles. The Morgan fingerprint density at radius 1 is 1.37 bits per heavy atom. The molecule has 0 bridgehead atoms. The van der Waals surface area contributed by atoms with Crippen molar-refractivity contribution in [1.82, 2.24) is 15.7 Å². The van der Waals surface area contributed by atoms with Crippen molar-refractivity contribution in [3.8, 4) is 5.75 Å². The molecule has 1 aromatic carbocycles. The number of esters is 1. The van der Waals surface area contributed by atoms with Gasteiger partial charge in [-0.1, -0.05) is 28.4 Å². The second-order valence-electron chi connectivity index (χ2n) is 6.07. The van der Waals surface area contributed by atoms with Gasteiger partial charge < -0.3 is 14.6 Å². The first-order valence-corrected chi connectivity index (χ1v) is 9.03. The topological polar surface area (TPSA) is 104 Å². The normalized spacial score (nSPS) is 16.3. The SMILES string of the molecule is CN(CCO)CN(O)NOCOC(=O)C1=Cc2cc(Cl)cc(Cl)c2OC1C(F)(F)F. The second-order valence-corrected chi connectivity index (χ2v) is 6.92. The molecule has 0 aromatic heterocycles. The summed E-state index contributed by atoms with van der Waals surface area (Å²) in [6.45, 7) is -0.803. The fourth-order valence-corrected chi connectivity index (χ4v) is 2.97. The molecule has 0 spiro atoms. The first-order chi connectivity index (χ1) is 14.0. The molecule has 14 heteroatoms. The monoisotopic (exact) mass is 475 g/mol. The Bertz CT molecular complexity index is 796. The van der Waals surface area contributed by atoms with Crippen LogP contribution < -0.4 is 10.3 Å². The highest BCUT2D eigenvalue weighted by Crippen LogP contribution is 2.42. The molecule has 1 atom stereocenters. The minimum Gasteiger partial charge on any atom is -0.474 e. The Kier molecular flexibility index (Phi) is 8.70. The highest BCUT2D eigenvalue weighted by atomic mass is 35.5. The summed E-state index contributed by atoms with van der Waals surface area (Å²) < 4.78 is 49.7. The number of carbonyl (C=O) groups excluding carboxylic acids is 1. The van der Waals surface area contributed by atoms with Gasteiger partial charge in [0, 0.05) is 17.1 Å². The zero-order chi connectivity index (χ0) is 22.5. The van der Waals surface area contributed by atoms with Gasteiger partial charge in [0.25, 0.3) is 0 Å². The standard InChI is InChI=1S/C16H18Cl2F3N3O6/c1-23(2-3-25)7-24(27)22-29-8-28-15(26)11-5-9-4-10(17)6-12(18)13(9)30-14(11)16(19,20)21/h4-6,14,22,25,27H,2-3,7-8H2,1H3. The number of carbonyl (C=O) groups is 1. The fraction of sp³-hybridized carbons (Fsp3) is 0.438. The van der Waals surface area contributed by atoms with E-state index < -0.39 is 30.6 Å². The predicted molar refractivity (Wildman–Crippen MR) is 98.3 cm³/mol. The summed E-state index contributed by atoms with van der Waals surface area (Å²) in [6, 6.07) is 2.50. The first-order valence-electron chi connectivity index (χ1n) is 8.27. The van der Waals surface area contributed by atoms with Gasteiger partial charge in [0.15, 0.2) is 0 Å². The number of nitrogens with zero attached hydrogens (tertiary/aromatic N) is 2. The lowest BCUT2D eigenvalue weighted by atomic mass is 10.0. The number of hydroxylamine groups is 1. The number of fused-ring (bicyclic) bond motifs is 1. The Morgan fingerprint density at radius 3 is 2.70 bits per heavy atom. The molecule has 168 valence electrons. The van der Waals surface area contributed by atoms with Crippen LogP contribution in [-0.2, 0) is 14.4 Å². The molecule has 30 heavy (non-hydrogen) atoms. The Morgan fingerprint density at radius 2 is 2.07 bits per heavy atom. The highest BCUT2D eigenvalue weighted by molar-refractivity contribution is 6.36. The van der Waals surface area contributed by atoms with Gasteiger partial charge in [-0.15, -0.1) is 5.59 Å². The number of halogens is 5. The molecule has 9 nitrogen and oxygen atoms in total. The van der Waals surface area contributed by atoms with Gasteiger partial charge >= 0.3 is 12.1 Å². The summed E-state index contributed by atoms with van der Waals surface area (Å²) in [4.78, 5) is 18.4. The third-order valence-electron chi connectivity index (χ3n) is 3.68. The van der Waals surface area contributed by atoms with E-state index in [0.717, 1.165) is 6.08 Å². The smallest absolute Gasteiger partial charge is 0.430 e. The molecule has 0 saturated carbocycles. The molecule has 0 aliphatic carbocycles. The van der Waals surface area contributed by atoms with Crippen molar-refractivity contribution in [2.45, 2.75) is 12.3 Å². The van der Waals surface area contributed by atoms with Crippen LogP contribution in [0.25, 0.3) is 6.08 Å². The lowest BCUT2D eigenvalue weighted by molar-refractivity contribution is -0.273. The second kappa shape index (κ2) is 10.6. The number of hydrazine groups is 1. The molecule has 0 amide bonds. The van der Waals surface area contributed by atoms with E-state index in [9.17, 15) is 23.2 Å². The van der Waals surface area contributed by atoms with E-state index in [1.807, 2.05) is 5.59 Å². The molecule has 0 radical (unpaired) electrons. The summed E-state index contributed by atoms with van der Waals surface area (Å²) in [5.41, 5.74) is 1.23. The molecule has 1 unspecified atom stereocenters. The van der Waals surface area contributed by atoms with Crippen LogP contribution in [0, 0.1) is 0 Å². The molecule has 3 N–H and O–H groups in total. The maximum Gasteiger partial charge on any atom is 0.430 e. The number of ether oxygens (including phenoxy) is 2. The molecule has 1 aromatic rings. The van der Waals surface area contributed by atoms with E-state index in [4.69, 9.17) is 33.0 Å². The fourth-order valence-electron chi connectivity index (χ4n) is 2.41. The number of hydrogen-bond acceptors (Lipinski definition) is 9. The summed E-state index contributed by atoms with van der Waals surface area (Å²) in [5.74, 6) is -1.62. The highest BCUT2D eigenvalue weighted by Gasteiger charge is 2.49. The minimum atomic E-state index is -4.93. The zero-order valence-corrected chi connectivity index (χ0v) is 17.0. The molecule has 2 rings (SSSR count). The maximum absolute atomic E-state index is 13.4. The van der Waals surface area contributed by atoms with Gasteiger partial charge in [-0.2, -0.15) is 13.2 Å². The Labute approximate surface area is 179 Å². The third-order valence-corrected chi connectivity index (χ3v) is 4.17. The van der Waals surface area contributed by atoms with Crippen molar-refractivity contribution in [2.75, 3.05) is 33.7 Å². The van der Waals surface area contributed by atoms with Crippen molar-refractivity contribution >= 4 is 35.2 Å². The van der Waals surface area contributed by atoms with Crippen molar-refractivity contribution in [3.05, 3.63) is 33.3 Å². The van der Waals surface area contributed by atoms with E-state index in [-0.39, 0.29) is 41.2 Å². The molecule has 1 aliphatic rings. The number of rotatable bonds is 9. The van der Waals surface area contributed by atoms with E-state index in [2.05, 4.69) is 9.57 Å². The van der Waals surface area contributed by atoms with Crippen LogP contribution in [-0.4, -0.2) is 72.3 Å². The lowest BCUT2D eigenvalue weighted by Gasteiger charge is -2.28. The van der Waals surface area contributed by atoms with Crippen molar-refractivity contribution < 1.29 is 42.6 Å². The predicted octanol–water partition coefficient (Wildman–Crippen LogP) is 2.21. The van der Waals surface area contributed by atoms with Crippen molar-refractivity contribution in [1.29, 1.82) is 0 Å². The largest absolute Gasteiger partial charge is 0.474 e. The van der Waals surface area contributed by atoms with Crippen LogP contribution >= 0.6 is 23.2 Å². The summed E-state index contributed by atoms with van der Waals surface area (Å²) in [6.07, 6.45) is -6.61. The van der Waals surface area contributed by atoms with Crippen LogP contribution in [0.1, 0.15) is 5.56 Å². The Hall–Kier alpha value is -1.64. The number of alkyl halides is 3. The number of aliphatic hydroxyl groups excluding tert-OH is 1. The molecule has 1 aliphatic heterocycles. The average Bonchev–Trinajstić information content (AvgIpc) is 2.63. The third kappa shape index (κ3) is 6.68. The molecular formula is C16H18Cl2F3N3O6. The lowest BCUT2D eigenvalue weighted by Crippen LogP contribution is -2.44. The van der Waals surface area contributed by atoms with E-state index in [1.165, 1.54) is 17.0 Å². The van der Waals surface area contributed by atoms with E-state index in [1.54, 1.807) is 7.05 Å². The summed E-state index contributed by atoms with van der Waals surface area (Å²) in [7, 11) is 1.59. The number of likely N-dealkylation sites (N-methyl/N-ethyl adjacent to an activating group) is 1. The van der Waals surface area contributed by atoms with Crippen LogP contribution in [0.5, 0.6) is 5.75 Å². The Balaban J connectivity index is 2.02. The molecular weight excluding hydrogens is 458 g/mol. The van der Waals surface area contributed by atoms with Gasteiger partial charge in [-0.3, -0.25) is 10.1 Å². The number of aliphatic hydroxyl groups is 1. The summed E-state index contributed by atoms with van der Waals surface area (Å²) >= 11 is 11.7. The number of hydrogen-bond donors (Lipinski definition) is 3. The minimum absolute atomic E-state index is 0.0763. The van der Waals surface area contributed by atoms with Gasteiger partial charge in [0.1, 0.15) is 5.75 Å². The van der Waals surface area contributed by atoms with Gasteiger partial charge in [0.2, 0.25) is 12.9 Å². The van der Waals surface area contributed by atoms with Gasteiger partial charge in [-0.05, 0) is 25.3 Å². The van der Waals surface area contributed by atoms with Gasteiger partial charge in [-0.25, -0.2) is 9.63 Å². The van der Waals surface area contributed by atoms with E-state index in [0.29, 0.717) is 5.17 Å². The average molecular weight is 476 g/mol. The van der Waals surface area contributed by atoms with Crippen LogP contribution in [0.2, 0.25) is 10.0 Å². The van der Waals surface area contributed by atoms with Crippen molar-refractivity contribution in [2.24, 2.45) is 0 Å². The molecule has 0 fully saturated rings. The summed E-state index contributed by atoms with van der Waals surface area (Å²) in [5, 5.41) is 18.7. The van der Waals surface area contributed by atoms with Crippen LogP contribution in [0.4, 0.5) is 13.2 Å².